The lowest BCUT2D eigenvalue weighted by Gasteiger charge is -1.99. The highest BCUT2D eigenvalue weighted by Gasteiger charge is 2.11. The summed E-state index contributed by atoms with van der Waals surface area (Å²) in [4.78, 5) is 11.8. The van der Waals surface area contributed by atoms with Gasteiger partial charge in [-0.1, -0.05) is 29.8 Å². The van der Waals surface area contributed by atoms with Crippen molar-refractivity contribution in [3.05, 3.63) is 69.7 Å². The summed E-state index contributed by atoms with van der Waals surface area (Å²) in [5, 5.41) is 13.6. The van der Waals surface area contributed by atoms with Crippen molar-refractivity contribution in [1.82, 2.24) is 10.2 Å². The molecule has 2 aromatic carbocycles. The van der Waals surface area contributed by atoms with Crippen molar-refractivity contribution in [3.8, 4) is 11.3 Å². The van der Waals surface area contributed by atoms with E-state index in [1.807, 2.05) is 0 Å². The molecule has 0 atom stereocenters. The molecule has 22 heavy (non-hydrogen) atoms. The van der Waals surface area contributed by atoms with E-state index < -0.39 is 11.4 Å². The fraction of sp³-hybridized carbons (Fsp3) is 0. The van der Waals surface area contributed by atoms with Gasteiger partial charge in [-0.2, -0.15) is 5.11 Å². The van der Waals surface area contributed by atoms with E-state index in [4.69, 9.17) is 11.6 Å². The monoisotopic (exact) mass is 316 g/mol. The highest BCUT2D eigenvalue weighted by molar-refractivity contribution is 6.30. The Morgan fingerprint density at radius 2 is 1.77 bits per heavy atom. The third-order valence-corrected chi connectivity index (χ3v) is 3.21. The van der Waals surface area contributed by atoms with Crippen LogP contribution in [-0.2, 0) is 0 Å². The minimum atomic E-state index is -0.419. The topological polar surface area (TPSA) is 73.4 Å². The van der Waals surface area contributed by atoms with Gasteiger partial charge in [0.1, 0.15) is 5.82 Å². The predicted octanol–water partition coefficient (Wildman–Crippen LogP) is 4.58. The lowest BCUT2D eigenvalue weighted by Crippen LogP contribution is -1.96. The van der Waals surface area contributed by atoms with Gasteiger partial charge in [-0.3, -0.25) is 15.0 Å². The number of H-pyrrole nitrogens is 2. The second kappa shape index (κ2) is 5.95. The van der Waals surface area contributed by atoms with E-state index in [1.165, 1.54) is 18.2 Å². The second-order valence-electron chi connectivity index (χ2n) is 4.49. The summed E-state index contributed by atoms with van der Waals surface area (Å²) in [6, 6.07) is 12.6. The van der Waals surface area contributed by atoms with Crippen LogP contribution in [0.2, 0.25) is 5.02 Å². The molecule has 0 aliphatic rings. The highest BCUT2D eigenvalue weighted by Crippen LogP contribution is 2.27. The van der Waals surface area contributed by atoms with Crippen molar-refractivity contribution in [2.75, 3.05) is 0 Å². The van der Waals surface area contributed by atoms with E-state index in [0.29, 0.717) is 16.4 Å². The molecule has 2 N–H and O–H groups in total. The molecule has 0 radical (unpaired) electrons. The van der Waals surface area contributed by atoms with Crippen LogP contribution in [0.15, 0.2) is 63.6 Å². The number of hydrogen-bond donors (Lipinski definition) is 2. The first-order chi connectivity index (χ1) is 10.6. The predicted molar refractivity (Wildman–Crippen MR) is 82.4 cm³/mol. The molecule has 0 amide bonds. The molecule has 0 spiro atoms. The summed E-state index contributed by atoms with van der Waals surface area (Å²) in [5.74, 6) is -0.419. The van der Waals surface area contributed by atoms with Crippen LogP contribution in [0.4, 0.5) is 15.8 Å². The van der Waals surface area contributed by atoms with Crippen molar-refractivity contribution in [3.63, 3.8) is 0 Å². The maximum atomic E-state index is 13.1. The molecule has 7 heteroatoms. The zero-order valence-corrected chi connectivity index (χ0v) is 11.9. The summed E-state index contributed by atoms with van der Waals surface area (Å²) < 4.78 is 13.1. The second-order valence-corrected chi connectivity index (χ2v) is 4.93. The Kier molecular flexibility index (Phi) is 3.84. The molecule has 110 valence electrons. The molecule has 0 unspecified atom stereocenters. The normalized spacial score (nSPS) is 11.2. The van der Waals surface area contributed by atoms with Crippen LogP contribution in [-0.4, -0.2) is 10.2 Å². The van der Waals surface area contributed by atoms with Gasteiger partial charge in [0.15, 0.2) is 5.69 Å². The Morgan fingerprint density at radius 3 is 2.50 bits per heavy atom. The van der Waals surface area contributed by atoms with Crippen LogP contribution in [0, 0.1) is 5.82 Å². The van der Waals surface area contributed by atoms with E-state index in [0.717, 1.165) is 5.56 Å². The molecule has 5 nitrogen and oxygen atoms in total. The number of nitrogens with one attached hydrogen (secondary N) is 2. The first-order valence-electron chi connectivity index (χ1n) is 6.37. The lowest BCUT2D eigenvalue weighted by atomic mass is 10.1. The van der Waals surface area contributed by atoms with E-state index in [9.17, 15) is 9.18 Å². The molecular weight excluding hydrogens is 307 g/mol. The Balaban J connectivity index is 1.99. The number of benzene rings is 2. The molecule has 0 saturated carbocycles. The summed E-state index contributed by atoms with van der Waals surface area (Å²) in [5.41, 5.74) is 1.25. The maximum Gasteiger partial charge on any atom is 0.292 e. The van der Waals surface area contributed by atoms with Crippen molar-refractivity contribution in [2.24, 2.45) is 10.2 Å². The number of aromatic nitrogens is 2. The minimum absolute atomic E-state index is 0.117. The fourth-order valence-corrected chi connectivity index (χ4v) is 2.04. The maximum absolute atomic E-state index is 13.1. The van der Waals surface area contributed by atoms with Crippen LogP contribution in [0.3, 0.4) is 0 Å². The molecule has 0 aliphatic heterocycles. The van der Waals surface area contributed by atoms with Crippen molar-refractivity contribution in [1.29, 1.82) is 0 Å². The largest absolute Gasteiger partial charge is 0.295 e. The summed E-state index contributed by atoms with van der Waals surface area (Å²) in [6.07, 6.45) is 0. The smallest absolute Gasteiger partial charge is 0.292 e. The average molecular weight is 317 g/mol. The molecule has 3 rings (SSSR count). The van der Waals surface area contributed by atoms with Gasteiger partial charge < -0.3 is 0 Å². The van der Waals surface area contributed by atoms with Crippen molar-refractivity contribution >= 4 is 23.0 Å². The van der Waals surface area contributed by atoms with Crippen LogP contribution in [0.5, 0.6) is 0 Å². The van der Waals surface area contributed by atoms with Gasteiger partial charge in [0, 0.05) is 16.7 Å². The number of nitrogens with zero attached hydrogens (tertiary/aromatic N) is 2. The number of azo groups is 1. The molecule has 0 fully saturated rings. The standard InChI is InChI=1S/C15H10ClFN4O/c16-10-6-4-9(5-7-10)13-14(15(22)21-19-13)20-18-12-3-1-2-11(17)8-12/h1-8H,(H2,19,21,22). The Labute approximate surface area is 129 Å². The number of halogens is 2. The minimum Gasteiger partial charge on any atom is -0.295 e. The van der Waals surface area contributed by atoms with Crippen LogP contribution >= 0.6 is 11.6 Å². The summed E-state index contributed by atoms with van der Waals surface area (Å²) >= 11 is 5.84. The van der Waals surface area contributed by atoms with Gasteiger partial charge in [-0.05, 0) is 24.3 Å². The Bertz CT molecular complexity index is 883. The quantitative estimate of drug-likeness (QED) is 0.682. The van der Waals surface area contributed by atoms with Gasteiger partial charge in [0.25, 0.3) is 5.56 Å². The molecule has 0 aliphatic carbocycles. The third-order valence-electron chi connectivity index (χ3n) is 2.96. The number of aromatic amines is 2. The van der Waals surface area contributed by atoms with Gasteiger partial charge >= 0.3 is 0 Å². The Morgan fingerprint density at radius 1 is 1.00 bits per heavy atom. The van der Waals surface area contributed by atoms with Crippen LogP contribution in [0.25, 0.3) is 11.3 Å². The highest BCUT2D eigenvalue weighted by atomic mass is 35.5. The van der Waals surface area contributed by atoms with Gasteiger partial charge in [0.2, 0.25) is 0 Å². The third kappa shape index (κ3) is 2.96. The molecular formula is C15H10ClFN4O. The first-order valence-corrected chi connectivity index (χ1v) is 6.75. The zero-order chi connectivity index (χ0) is 15.5. The SMILES string of the molecule is O=c1[nH][nH]c(-c2ccc(Cl)cc2)c1N=Nc1cccc(F)c1. The van der Waals surface area contributed by atoms with E-state index in [1.54, 1.807) is 30.3 Å². The zero-order valence-electron chi connectivity index (χ0n) is 11.2. The van der Waals surface area contributed by atoms with Crippen LogP contribution in [0.1, 0.15) is 0 Å². The van der Waals surface area contributed by atoms with E-state index >= 15 is 0 Å². The molecule has 1 heterocycles. The summed E-state index contributed by atoms with van der Waals surface area (Å²) in [6.45, 7) is 0. The van der Waals surface area contributed by atoms with Gasteiger partial charge in [-0.25, -0.2) is 4.39 Å². The van der Waals surface area contributed by atoms with Gasteiger partial charge in [-0.15, -0.1) is 5.11 Å². The first kappa shape index (κ1) is 14.2. The van der Waals surface area contributed by atoms with Crippen molar-refractivity contribution < 1.29 is 4.39 Å². The van der Waals surface area contributed by atoms with Crippen molar-refractivity contribution in [2.45, 2.75) is 0 Å². The fourth-order valence-electron chi connectivity index (χ4n) is 1.92. The van der Waals surface area contributed by atoms with Crippen LogP contribution < -0.4 is 5.56 Å². The summed E-state index contributed by atoms with van der Waals surface area (Å²) in [7, 11) is 0. The molecule has 1 aromatic heterocycles. The molecule has 0 saturated heterocycles. The average Bonchev–Trinajstić information content (AvgIpc) is 2.87. The number of rotatable bonds is 3. The number of hydrogen-bond acceptors (Lipinski definition) is 3. The van der Waals surface area contributed by atoms with Gasteiger partial charge in [0.05, 0.1) is 11.4 Å². The molecule has 3 aromatic rings. The lowest BCUT2D eigenvalue weighted by molar-refractivity contribution is 0.628. The van der Waals surface area contributed by atoms with E-state index in [-0.39, 0.29) is 5.69 Å². The Hall–Kier alpha value is -2.73. The molecule has 0 bridgehead atoms. The van der Waals surface area contributed by atoms with E-state index in [2.05, 4.69) is 20.4 Å².